The summed E-state index contributed by atoms with van der Waals surface area (Å²) in [5, 5.41) is 39.6. The molecule has 1 fully saturated rings. The van der Waals surface area contributed by atoms with Gasteiger partial charge in [0.1, 0.15) is 31.0 Å². The van der Waals surface area contributed by atoms with Crippen LogP contribution < -0.4 is 0 Å². The Hall–Kier alpha value is -1.56. The number of carbonyl (C=O) groups is 2. The molecule has 1 heterocycles. The van der Waals surface area contributed by atoms with Crippen LogP contribution >= 0.6 is 0 Å². The molecule has 1 aliphatic rings. The lowest BCUT2D eigenvalue weighted by Gasteiger charge is -2.39. The third-order valence-electron chi connectivity index (χ3n) is 7.13. The van der Waals surface area contributed by atoms with E-state index in [0.717, 1.165) is 77.0 Å². The highest BCUT2D eigenvalue weighted by molar-refractivity contribution is 5.70. The Balaban J connectivity index is 2.50. The Kier molecular flexibility index (Phi) is 21.9. The number of unbranched alkanes of at least 4 members (excludes halogenated alkanes) is 11. The molecule has 1 aliphatic heterocycles. The molecule has 0 aromatic carbocycles. The Morgan fingerprint density at radius 1 is 0.732 bits per heavy atom. The molecule has 0 aromatic heterocycles. The van der Waals surface area contributed by atoms with E-state index in [-0.39, 0.29) is 32.0 Å². The quantitative estimate of drug-likeness (QED) is 0.0737. The number of aliphatic hydroxyl groups is 4. The van der Waals surface area contributed by atoms with Crippen molar-refractivity contribution in [3.8, 4) is 0 Å². The summed E-state index contributed by atoms with van der Waals surface area (Å²) in [5.74, 6) is -0.833. The zero-order chi connectivity index (χ0) is 30.3. The molecule has 41 heavy (non-hydrogen) atoms. The molecule has 1 rings (SSSR count). The van der Waals surface area contributed by atoms with E-state index in [1.165, 1.54) is 6.42 Å². The molecule has 0 aromatic rings. The maximum atomic E-state index is 12.5. The fourth-order valence-corrected chi connectivity index (χ4v) is 4.54. The van der Waals surface area contributed by atoms with Crippen molar-refractivity contribution < 1.29 is 49.0 Å². The first-order valence-electron chi connectivity index (χ1n) is 15.8. The van der Waals surface area contributed by atoms with E-state index in [1.54, 1.807) is 0 Å². The summed E-state index contributed by atoms with van der Waals surface area (Å²) in [7, 11) is 0. The van der Waals surface area contributed by atoms with Gasteiger partial charge in [0.05, 0.1) is 13.2 Å². The minimum absolute atomic E-state index is 0.219. The van der Waals surface area contributed by atoms with Crippen LogP contribution in [0, 0.1) is 0 Å². The van der Waals surface area contributed by atoms with Crippen molar-refractivity contribution in [2.24, 2.45) is 0 Å². The van der Waals surface area contributed by atoms with Crippen LogP contribution in [0.3, 0.4) is 0 Å². The first kappa shape index (κ1) is 37.5. The van der Waals surface area contributed by atoms with Crippen molar-refractivity contribution in [3.05, 3.63) is 12.2 Å². The first-order valence-corrected chi connectivity index (χ1v) is 15.8. The SMILES string of the molecule is CCC/C=C\CCCCCCCC(=O)OC(COC(=O)CCCCCCCC)COC1OC(CO)C(O)C(O)C1O. The number of hydrogen-bond acceptors (Lipinski definition) is 10. The molecule has 0 spiro atoms. The van der Waals surface area contributed by atoms with E-state index in [9.17, 15) is 30.0 Å². The fourth-order valence-electron chi connectivity index (χ4n) is 4.54. The third kappa shape index (κ3) is 17.2. The minimum Gasteiger partial charge on any atom is -0.462 e. The molecule has 6 atom stereocenters. The van der Waals surface area contributed by atoms with Crippen LogP contribution in [0.15, 0.2) is 12.2 Å². The monoisotopic (exact) mass is 588 g/mol. The summed E-state index contributed by atoms with van der Waals surface area (Å²) in [5.41, 5.74) is 0. The average molecular weight is 589 g/mol. The molecule has 0 aliphatic carbocycles. The third-order valence-corrected chi connectivity index (χ3v) is 7.13. The lowest BCUT2D eigenvalue weighted by molar-refractivity contribution is -0.305. The molecular formula is C31H56O10. The summed E-state index contributed by atoms with van der Waals surface area (Å²) in [6, 6.07) is 0. The zero-order valence-electron chi connectivity index (χ0n) is 25.3. The van der Waals surface area contributed by atoms with Gasteiger partial charge in [-0.25, -0.2) is 0 Å². The van der Waals surface area contributed by atoms with Crippen LogP contribution in [0.5, 0.6) is 0 Å². The molecule has 0 saturated carbocycles. The summed E-state index contributed by atoms with van der Waals surface area (Å²) in [4.78, 5) is 24.8. The van der Waals surface area contributed by atoms with Crippen molar-refractivity contribution >= 4 is 11.9 Å². The Bertz CT molecular complexity index is 698. The van der Waals surface area contributed by atoms with Gasteiger partial charge >= 0.3 is 11.9 Å². The van der Waals surface area contributed by atoms with Crippen LogP contribution in [0.4, 0.5) is 0 Å². The number of hydrogen-bond donors (Lipinski definition) is 4. The van der Waals surface area contributed by atoms with Crippen molar-refractivity contribution in [2.75, 3.05) is 19.8 Å². The first-order chi connectivity index (χ1) is 19.8. The number of allylic oxidation sites excluding steroid dienone is 2. The van der Waals surface area contributed by atoms with Gasteiger partial charge in [-0.1, -0.05) is 83.8 Å². The number of aliphatic hydroxyl groups excluding tert-OH is 4. The highest BCUT2D eigenvalue weighted by Crippen LogP contribution is 2.22. The largest absolute Gasteiger partial charge is 0.462 e. The van der Waals surface area contributed by atoms with Gasteiger partial charge in [-0.3, -0.25) is 9.59 Å². The second kappa shape index (κ2) is 23.9. The Morgan fingerprint density at radius 3 is 2.00 bits per heavy atom. The highest BCUT2D eigenvalue weighted by atomic mass is 16.7. The van der Waals surface area contributed by atoms with Crippen LogP contribution in [-0.4, -0.2) is 89.0 Å². The van der Waals surface area contributed by atoms with Crippen LogP contribution in [0.1, 0.15) is 117 Å². The predicted molar refractivity (Wildman–Crippen MR) is 155 cm³/mol. The van der Waals surface area contributed by atoms with Gasteiger partial charge in [0, 0.05) is 12.8 Å². The highest BCUT2D eigenvalue weighted by Gasteiger charge is 2.44. The van der Waals surface area contributed by atoms with Gasteiger partial charge in [0.2, 0.25) is 0 Å². The van der Waals surface area contributed by atoms with E-state index < -0.39 is 49.4 Å². The molecular weight excluding hydrogens is 532 g/mol. The Morgan fingerprint density at radius 2 is 1.34 bits per heavy atom. The van der Waals surface area contributed by atoms with Crippen molar-refractivity contribution in [3.63, 3.8) is 0 Å². The second-order valence-corrected chi connectivity index (χ2v) is 10.9. The number of rotatable bonds is 24. The number of ether oxygens (including phenoxy) is 4. The van der Waals surface area contributed by atoms with E-state index >= 15 is 0 Å². The lowest BCUT2D eigenvalue weighted by Crippen LogP contribution is -2.59. The van der Waals surface area contributed by atoms with Crippen molar-refractivity contribution in [1.29, 1.82) is 0 Å². The molecule has 4 N–H and O–H groups in total. The van der Waals surface area contributed by atoms with Gasteiger partial charge in [0.15, 0.2) is 12.4 Å². The molecule has 10 heteroatoms. The van der Waals surface area contributed by atoms with Crippen LogP contribution in [0.25, 0.3) is 0 Å². The van der Waals surface area contributed by atoms with E-state index in [2.05, 4.69) is 26.0 Å². The van der Waals surface area contributed by atoms with E-state index in [1.807, 2.05) is 0 Å². The van der Waals surface area contributed by atoms with Crippen LogP contribution in [-0.2, 0) is 28.5 Å². The molecule has 6 unspecified atom stereocenters. The summed E-state index contributed by atoms with van der Waals surface area (Å²) in [6.07, 6.45) is 11.3. The standard InChI is InChI=1S/C31H56O10/c1-3-5-7-9-11-12-13-14-16-18-20-27(34)40-24(22-38-26(33)19-17-15-10-8-6-4-2)23-39-31-30(37)29(36)28(35)25(21-32)41-31/h7,9,24-25,28-32,35-37H,3-6,8,10-23H2,1-2H3/b9-7-. The van der Waals surface area contributed by atoms with Crippen molar-refractivity contribution in [1.82, 2.24) is 0 Å². The van der Waals surface area contributed by atoms with Gasteiger partial charge in [0.25, 0.3) is 0 Å². The molecule has 0 radical (unpaired) electrons. The van der Waals surface area contributed by atoms with E-state index in [4.69, 9.17) is 18.9 Å². The maximum absolute atomic E-state index is 12.5. The van der Waals surface area contributed by atoms with Crippen molar-refractivity contribution in [2.45, 2.75) is 153 Å². The van der Waals surface area contributed by atoms with Gasteiger partial charge in [-0.15, -0.1) is 0 Å². The van der Waals surface area contributed by atoms with E-state index in [0.29, 0.717) is 6.42 Å². The van der Waals surface area contributed by atoms with Gasteiger partial charge in [-0.2, -0.15) is 0 Å². The smallest absolute Gasteiger partial charge is 0.306 e. The molecule has 0 bridgehead atoms. The topological polar surface area (TPSA) is 152 Å². The summed E-state index contributed by atoms with van der Waals surface area (Å²) < 4.78 is 21.8. The molecule has 10 nitrogen and oxygen atoms in total. The van der Waals surface area contributed by atoms with Crippen LogP contribution in [0.2, 0.25) is 0 Å². The fraction of sp³-hybridized carbons (Fsp3) is 0.871. The molecule has 0 amide bonds. The summed E-state index contributed by atoms with van der Waals surface area (Å²) >= 11 is 0. The number of carbonyl (C=O) groups excluding carboxylic acids is 2. The average Bonchev–Trinajstić information content (AvgIpc) is 2.96. The van der Waals surface area contributed by atoms with Gasteiger partial charge in [-0.05, 0) is 32.1 Å². The number of esters is 2. The maximum Gasteiger partial charge on any atom is 0.306 e. The summed E-state index contributed by atoms with van der Waals surface area (Å²) in [6.45, 7) is 3.23. The van der Waals surface area contributed by atoms with Gasteiger partial charge < -0.3 is 39.4 Å². The zero-order valence-corrected chi connectivity index (χ0v) is 25.3. The second-order valence-electron chi connectivity index (χ2n) is 10.9. The molecule has 1 saturated heterocycles. The minimum atomic E-state index is -1.59. The molecule has 240 valence electrons. The Labute approximate surface area is 246 Å². The predicted octanol–water partition coefficient (Wildman–Crippen LogP) is 4.10. The lowest BCUT2D eigenvalue weighted by atomic mass is 9.99. The normalized spacial score (nSPS) is 23.5.